The maximum atomic E-state index is 9.31. The second kappa shape index (κ2) is 4.89. The summed E-state index contributed by atoms with van der Waals surface area (Å²) < 4.78 is 5.46. The summed E-state index contributed by atoms with van der Waals surface area (Å²) in [6.45, 7) is 3.91. The number of nitrogens with zero attached hydrogens (tertiary/aromatic N) is 1. The van der Waals surface area contributed by atoms with Crippen LogP contribution in [0.3, 0.4) is 0 Å². The lowest BCUT2D eigenvalue weighted by Gasteiger charge is -2.15. The average Bonchev–Trinajstić information content (AvgIpc) is 2.78. The van der Waals surface area contributed by atoms with Gasteiger partial charge in [-0.3, -0.25) is 0 Å². The van der Waals surface area contributed by atoms with Crippen LogP contribution < -0.4 is 5.32 Å². The molecule has 4 heteroatoms. The Morgan fingerprint density at radius 2 is 1.90 bits per heavy atom. The third kappa shape index (κ3) is 2.45. The van der Waals surface area contributed by atoms with Crippen LogP contribution in [0.5, 0.6) is 5.75 Å². The van der Waals surface area contributed by atoms with Crippen molar-refractivity contribution < 1.29 is 9.52 Å². The Bertz CT molecular complexity index is 732. The maximum absolute atomic E-state index is 9.31. The standard InChI is InChI=1S/C16H16N2O2/c1-10(12-3-6-14(19)7-4-12)17-13-5-8-16-15(9-13)18-11(2)20-16/h3-10,17,19H,1-2H3. The van der Waals surface area contributed by atoms with E-state index in [9.17, 15) is 5.11 Å². The van der Waals surface area contributed by atoms with Crippen molar-refractivity contribution in [1.82, 2.24) is 4.98 Å². The first-order valence-corrected chi connectivity index (χ1v) is 6.54. The Morgan fingerprint density at radius 3 is 2.65 bits per heavy atom. The largest absolute Gasteiger partial charge is 0.508 e. The van der Waals surface area contributed by atoms with Crippen LogP contribution in [-0.2, 0) is 0 Å². The number of phenols is 1. The van der Waals surface area contributed by atoms with Crippen molar-refractivity contribution in [2.45, 2.75) is 19.9 Å². The number of aromatic hydroxyl groups is 1. The summed E-state index contributed by atoms with van der Waals surface area (Å²) in [4.78, 5) is 4.33. The molecule has 0 radical (unpaired) electrons. The molecule has 3 aromatic rings. The van der Waals surface area contributed by atoms with Crippen LogP contribution in [0.4, 0.5) is 5.69 Å². The smallest absolute Gasteiger partial charge is 0.192 e. The normalized spacial score (nSPS) is 12.5. The highest BCUT2D eigenvalue weighted by Gasteiger charge is 2.07. The van der Waals surface area contributed by atoms with Gasteiger partial charge < -0.3 is 14.8 Å². The summed E-state index contributed by atoms with van der Waals surface area (Å²) >= 11 is 0. The Morgan fingerprint density at radius 1 is 1.15 bits per heavy atom. The van der Waals surface area contributed by atoms with Gasteiger partial charge in [0.1, 0.15) is 11.3 Å². The summed E-state index contributed by atoms with van der Waals surface area (Å²) in [6, 6.07) is 13.2. The molecule has 102 valence electrons. The predicted molar refractivity (Wildman–Crippen MR) is 78.9 cm³/mol. The minimum Gasteiger partial charge on any atom is -0.508 e. The molecule has 0 fully saturated rings. The fraction of sp³-hybridized carbons (Fsp3) is 0.188. The number of phenolic OH excluding ortho intramolecular Hbond substituents is 1. The van der Waals surface area contributed by atoms with Crippen LogP contribution in [0, 0.1) is 6.92 Å². The van der Waals surface area contributed by atoms with Crippen LogP contribution in [-0.4, -0.2) is 10.1 Å². The molecule has 2 N–H and O–H groups in total. The van der Waals surface area contributed by atoms with Crippen LogP contribution in [0.25, 0.3) is 11.1 Å². The predicted octanol–water partition coefficient (Wildman–Crippen LogP) is 4.01. The molecule has 1 aromatic heterocycles. The molecule has 0 amide bonds. The molecule has 1 heterocycles. The third-order valence-corrected chi connectivity index (χ3v) is 3.27. The highest BCUT2D eigenvalue weighted by atomic mass is 16.3. The van der Waals surface area contributed by atoms with Crippen molar-refractivity contribution in [2.75, 3.05) is 5.32 Å². The summed E-state index contributed by atoms with van der Waals surface area (Å²) in [5, 5.41) is 12.7. The van der Waals surface area contributed by atoms with E-state index in [1.807, 2.05) is 37.3 Å². The van der Waals surface area contributed by atoms with Gasteiger partial charge in [0.25, 0.3) is 0 Å². The van der Waals surface area contributed by atoms with Gasteiger partial charge in [0, 0.05) is 18.7 Å². The monoisotopic (exact) mass is 268 g/mol. The number of rotatable bonds is 3. The highest BCUT2D eigenvalue weighted by molar-refractivity contribution is 5.77. The fourth-order valence-corrected chi connectivity index (χ4v) is 2.23. The molecule has 0 spiro atoms. The van der Waals surface area contributed by atoms with Crippen molar-refractivity contribution in [3.63, 3.8) is 0 Å². The minimum absolute atomic E-state index is 0.140. The molecule has 0 bridgehead atoms. The second-order valence-electron chi connectivity index (χ2n) is 4.87. The van der Waals surface area contributed by atoms with E-state index in [1.165, 1.54) is 0 Å². The quantitative estimate of drug-likeness (QED) is 0.753. The molecular formula is C16H16N2O2. The van der Waals surface area contributed by atoms with Gasteiger partial charge in [-0.2, -0.15) is 0 Å². The van der Waals surface area contributed by atoms with Gasteiger partial charge in [0.05, 0.1) is 0 Å². The van der Waals surface area contributed by atoms with Crippen LogP contribution in [0.15, 0.2) is 46.9 Å². The van der Waals surface area contributed by atoms with E-state index < -0.39 is 0 Å². The van der Waals surface area contributed by atoms with E-state index in [2.05, 4.69) is 17.2 Å². The second-order valence-corrected chi connectivity index (χ2v) is 4.87. The zero-order chi connectivity index (χ0) is 14.1. The van der Waals surface area contributed by atoms with Gasteiger partial charge in [-0.15, -0.1) is 0 Å². The molecule has 0 saturated heterocycles. The molecule has 0 saturated carbocycles. The van der Waals surface area contributed by atoms with Crippen molar-refractivity contribution in [2.24, 2.45) is 0 Å². The number of aryl methyl sites for hydroxylation is 1. The molecule has 20 heavy (non-hydrogen) atoms. The van der Waals surface area contributed by atoms with E-state index in [4.69, 9.17) is 4.42 Å². The van der Waals surface area contributed by atoms with Gasteiger partial charge in [0.15, 0.2) is 11.5 Å². The minimum atomic E-state index is 0.140. The van der Waals surface area contributed by atoms with Crippen molar-refractivity contribution in [3.05, 3.63) is 53.9 Å². The number of hydrogen-bond donors (Lipinski definition) is 2. The lowest BCUT2D eigenvalue weighted by Crippen LogP contribution is -2.06. The molecule has 3 rings (SSSR count). The zero-order valence-electron chi connectivity index (χ0n) is 11.4. The fourth-order valence-electron chi connectivity index (χ4n) is 2.23. The highest BCUT2D eigenvalue weighted by Crippen LogP contribution is 2.24. The first-order chi connectivity index (χ1) is 9.61. The number of fused-ring (bicyclic) bond motifs is 1. The van der Waals surface area contributed by atoms with Crippen molar-refractivity contribution in [3.8, 4) is 5.75 Å². The van der Waals surface area contributed by atoms with E-state index in [1.54, 1.807) is 12.1 Å². The number of oxazole rings is 1. The Labute approximate surface area is 117 Å². The molecular weight excluding hydrogens is 252 g/mol. The van der Waals surface area contributed by atoms with Crippen LogP contribution in [0.2, 0.25) is 0 Å². The zero-order valence-corrected chi connectivity index (χ0v) is 11.4. The lowest BCUT2D eigenvalue weighted by molar-refractivity contribution is 0.475. The number of aromatic nitrogens is 1. The SMILES string of the molecule is Cc1nc2cc(NC(C)c3ccc(O)cc3)ccc2o1. The van der Waals surface area contributed by atoms with Crippen molar-refractivity contribution >= 4 is 16.8 Å². The van der Waals surface area contributed by atoms with Crippen LogP contribution in [0.1, 0.15) is 24.4 Å². The molecule has 1 unspecified atom stereocenters. The van der Waals surface area contributed by atoms with Crippen LogP contribution >= 0.6 is 0 Å². The average molecular weight is 268 g/mol. The molecule has 0 aliphatic carbocycles. The van der Waals surface area contributed by atoms with E-state index in [0.29, 0.717) is 5.89 Å². The summed E-state index contributed by atoms with van der Waals surface area (Å²) in [5.74, 6) is 0.948. The molecule has 0 aliphatic heterocycles. The summed E-state index contributed by atoms with van der Waals surface area (Å²) in [7, 11) is 0. The third-order valence-electron chi connectivity index (χ3n) is 3.27. The number of nitrogens with one attached hydrogen (secondary N) is 1. The molecule has 2 aromatic carbocycles. The van der Waals surface area contributed by atoms with Gasteiger partial charge >= 0.3 is 0 Å². The number of anilines is 1. The molecule has 4 nitrogen and oxygen atoms in total. The number of benzene rings is 2. The van der Waals surface area contributed by atoms with Gasteiger partial charge in [0.2, 0.25) is 0 Å². The topological polar surface area (TPSA) is 58.3 Å². The Kier molecular flexibility index (Phi) is 3.06. The first-order valence-electron chi connectivity index (χ1n) is 6.54. The van der Waals surface area contributed by atoms with E-state index in [-0.39, 0.29) is 11.8 Å². The maximum Gasteiger partial charge on any atom is 0.192 e. The van der Waals surface area contributed by atoms with E-state index in [0.717, 1.165) is 22.4 Å². The summed E-state index contributed by atoms with van der Waals surface area (Å²) in [6.07, 6.45) is 0. The Hall–Kier alpha value is -2.49. The van der Waals surface area contributed by atoms with Gasteiger partial charge in [-0.25, -0.2) is 4.98 Å². The van der Waals surface area contributed by atoms with Crippen molar-refractivity contribution in [1.29, 1.82) is 0 Å². The number of hydrogen-bond acceptors (Lipinski definition) is 4. The molecule has 1 atom stereocenters. The Balaban J connectivity index is 1.82. The lowest BCUT2D eigenvalue weighted by atomic mass is 10.1. The van der Waals surface area contributed by atoms with E-state index >= 15 is 0 Å². The van der Waals surface area contributed by atoms with Gasteiger partial charge in [-0.05, 0) is 42.8 Å². The summed E-state index contributed by atoms with van der Waals surface area (Å²) in [5.41, 5.74) is 3.75. The van der Waals surface area contributed by atoms with Gasteiger partial charge in [-0.1, -0.05) is 12.1 Å². The first kappa shape index (κ1) is 12.5. The molecule has 0 aliphatic rings.